The molecule has 1 aliphatic rings. The zero-order valence-electron chi connectivity index (χ0n) is 18.5. The highest BCUT2D eigenvalue weighted by Crippen LogP contribution is 2.00. The van der Waals surface area contributed by atoms with Crippen LogP contribution in [-0.4, -0.2) is 83.0 Å². The van der Waals surface area contributed by atoms with E-state index in [0.717, 1.165) is 19.3 Å². The third-order valence-corrected chi connectivity index (χ3v) is 4.92. The van der Waals surface area contributed by atoms with Gasteiger partial charge in [0.1, 0.15) is 0 Å². The first-order valence-corrected chi connectivity index (χ1v) is 10.9. The average molecular weight is 429 g/mol. The fourth-order valence-electron chi connectivity index (χ4n) is 3.12. The van der Waals surface area contributed by atoms with Crippen molar-refractivity contribution in [1.29, 1.82) is 0 Å². The lowest BCUT2D eigenvalue weighted by molar-refractivity contribution is 0.228. The molecule has 0 aromatic rings. The summed E-state index contributed by atoms with van der Waals surface area (Å²) < 4.78 is 0. The molecule has 1 aliphatic heterocycles. The van der Waals surface area contributed by atoms with E-state index in [4.69, 9.17) is 0 Å². The first kappa shape index (κ1) is 25.8. The van der Waals surface area contributed by atoms with Crippen molar-refractivity contribution in [2.45, 2.75) is 57.2 Å². The summed E-state index contributed by atoms with van der Waals surface area (Å²) >= 11 is 0. The topological polar surface area (TPSA) is 147 Å². The van der Waals surface area contributed by atoms with E-state index in [1.54, 1.807) is 0 Å². The van der Waals surface area contributed by atoms with Gasteiger partial charge < -0.3 is 42.5 Å². The molecule has 0 spiro atoms. The predicted octanol–water partition coefficient (Wildman–Crippen LogP) is -0.587. The molecule has 1 heterocycles. The van der Waals surface area contributed by atoms with Crippen molar-refractivity contribution in [2.75, 3.05) is 46.8 Å². The lowest BCUT2D eigenvalue weighted by atomic mass is 10.1. The Balaban J connectivity index is 2.85. The van der Waals surface area contributed by atoms with Crippen LogP contribution in [0.4, 0.5) is 14.4 Å². The molecule has 0 aromatic heterocycles. The van der Waals surface area contributed by atoms with Crippen LogP contribution in [0.3, 0.4) is 0 Å². The van der Waals surface area contributed by atoms with E-state index >= 15 is 0 Å². The molecule has 11 heteroatoms. The number of amides is 6. The largest absolute Gasteiger partial charge is 0.336 e. The monoisotopic (exact) mass is 428 g/mol. The summed E-state index contributed by atoms with van der Waals surface area (Å²) in [6.45, 7) is 4.46. The molecule has 0 aromatic carbocycles. The van der Waals surface area contributed by atoms with Crippen molar-refractivity contribution in [3.63, 3.8) is 0 Å². The van der Waals surface area contributed by atoms with Gasteiger partial charge in [0.2, 0.25) is 0 Å². The van der Waals surface area contributed by atoms with E-state index in [1.807, 2.05) is 14.1 Å². The number of carbonyl (C=O) groups excluding carboxylic acids is 3. The summed E-state index contributed by atoms with van der Waals surface area (Å²) in [5.41, 5.74) is 0. The van der Waals surface area contributed by atoms with Crippen LogP contribution in [0, 0.1) is 0 Å². The summed E-state index contributed by atoms with van der Waals surface area (Å²) in [6, 6.07) is -1.55. The molecule has 6 amide bonds. The summed E-state index contributed by atoms with van der Waals surface area (Å²) in [7, 11) is 3.68. The highest BCUT2D eigenvalue weighted by molar-refractivity contribution is 5.77. The molecular formula is C19H40N8O3. The van der Waals surface area contributed by atoms with Crippen LogP contribution in [0.5, 0.6) is 0 Å². The predicted molar refractivity (Wildman–Crippen MR) is 118 cm³/mol. The molecule has 8 N–H and O–H groups in total. The first-order valence-electron chi connectivity index (χ1n) is 10.9. The number of rotatable bonds is 9. The lowest BCUT2D eigenvalue weighted by Crippen LogP contribution is -2.52. The number of nitrogens with one attached hydrogen (secondary N) is 8. The van der Waals surface area contributed by atoms with Gasteiger partial charge in [0.25, 0.3) is 0 Å². The van der Waals surface area contributed by atoms with Crippen LogP contribution < -0.4 is 42.5 Å². The Labute approximate surface area is 179 Å². The summed E-state index contributed by atoms with van der Waals surface area (Å²) in [6.07, 6.45) is 4.07. The minimum absolute atomic E-state index is 0.167. The Hall–Kier alpha value is -2.27. The fourth-order valence-corrected chi connectivity index (χ4v) is 3.12. The Bertz CT molecular complexity index is 449. The van der Waals surface area contributed by atoms with Crippen LogP contribution >= 0.6 is 0 Å². The zero-order chi connectivity index (χ0) is 22.2. The number of hydrogen-bond donors (Lipinski definition) is 8. The SMILES string of the molecule is CCCCC1CNC(=O)NC(CCNC)CNC(=O)NC(CCNC)CNC(=O)N1. The van der Waals surface area contributed by atoms with Gasteiger partial charge >= 0.3 is 18.1 Å². The molecule has 30 heavy (non-hydrogen) atoms. The summed E-state index contributed by atoms with van der Waals surface area (Å²) in [5, 5.41) is 23.3. The Kier molecular flexibility index (Phi) is 13.4. The molecular weight excluding hydrogens is 388 g/mol. The van der Waals surface area contributed by atoms with Gasteiger partial charge in [-0.25, -0.2) is 14.4 Å². The quantitative estimate of drug-likeness (QED) is 0.247. The molecule has 11 nitrogen and oxygen atoms in total. The van der Waals surface area contributed by atoms with E-state index in [2.05, 4.69) is 49.5 Å². The second kappa shape index (κ2) is 15.6. The van der Waals surface area contributed by atoms with E-state index < -0.39 is 0 Å². The van der Waals surface area contributed by atoms with Crippen LogP contribution in [0.25, 0.3) is 0 Å². The molecule has 1 saturated heterocycles. The molecule has 3 atom stereocenters. The van der Waals surface area contributed by atoms with Crippen molar-refractivity contribution in [3.8, 4) is 0 Å². The number of hydrogen-bond acceptors (Lipinski definition) is 5. The maximum atomic E-state index is 12.3. The molecule has 1 fully saturated rings. The van der Waals surface area contributed by atoms with Gasteiger partial charge in [-0.15, -0.1) is 0 Å². The molecule has 0 bridgehead atoms. The van der Waals surface area contributed by atoms with Gasteiger partial charge in [-0.1, -0.05) is 19.8 Å². The second-order valence-corrected chi connectivity index (χ2v) is 7.58. The minimum atomic E-state index is -0.328. The minimum Gasteiger partial charge on any atom is -0.336 e. The number of carbonyl (C=O) groups is 3. The van der Waals surface area contributed by atoms with Crippen molar-refractivity contribution < 1.29 is 14.4 Å². The van der Waals surface area contributed by atoms with Gasteiger partial charge in [-0.2, -0.15) is 0 Å². The number of urea groups is 3. The molecule has 3 unspecified atom stereocenters. The normalized spacial score (nSPS) is 24.1. The van der Waals surface area contributed by atoms with Crippen molar-refractivity contribution in [3.05, 3.63) is 0 Å². The Morgan fingerprint density at radius 3 is 1.40 bits per heavy atom. The van der Waals surface area contributed by atoms with Crippen molar-refractivity contribution in [2.24, 2.45) is 0 Å². The third-order valence-electron chi connectivity index (χ3n) is 4.92. The van der Waals surface area contributed by atoms with E-state index in [9.17, 15) is 14.4 Å². The first-order chi connectivity index (χ1) is 14.5. The number of unbranched alkanes of at least 4 members (excludes halogenated alkanes) is 1. The summed E-state index contributed by atoms with van der Waals surface area (Å²) in [4.78, 5) is 37.0. The maximum Gasteiger partial charge on any atom is 0.315 e. The van der Waals surface area contributed by atoms with Crippen LogP contribution in [0.1, 0.15) is 39.0 Å². The van der Waals surface area contributed by atoms with Crippen molar-refractivity contribution >= 4 is 18.1 Å². The van der Waals surface area contributed by atoms with E-state index in [-0.39, 0.29) is 36.2 Å². The molecule has 1 rings (SSSR count). The van der Waals surface area contributed by atoms with Gasteiger partial charge in [0.05, 0.1) is 0 Å². The highest BCUT2D eigenvalue weighted by atomic mass is 16.2. The van der Waals surface area contributed by atoms with E-state index in [0.29, 0.717) is 45.6 Å². The van der Waals surface area contributed by atoms with Gasteiger partial charge in [0, 0.05) is 37.8 Å². The second-order valence-electron chi connectivity index (χ2n) is 7.58. The maximum absolute atomic E-state index is 12.3. The molecule has 174 valence electrons. The smallest absolute Gasteiger partial charge is 0.315 e. The van der Waals surface area contributed by atoms with Crippen LogP contribution in [-0.2, 0) is 0 Å². The Morgan fingerprint density at radius 1 is 0.700 bits per heavy atom. The van der Waals surface area contributed by atoms with Gasteiger partial charge in [-0.05, 0) is 46.4 Å². The molecule has 0 aliphatic carbocycles. The average Bonchev–Trinajstić information content (AvgIpc) is 2.73. The molecule has 0 saturated carbocycles. The zero-order valence-corrected chi connectivity index (χ0v) is 18.5. The highest BCUT2D eigenvalue weighted by Gasteiger charge is 2.19. The summed E-state index contributed by atoms with van der Waals surface area (Å²) in [5.74, 6) is 0. The van der Waals surface area contributed by atoms with Gasteiger partial charge in [-0.3, -0.25) is 0 Å². The fraction of sp³-hybridized carbons (Fsp3) is 0.842. The van der Waals surface area contributed by atoms with Crippen molar-refractivity contribution in [1.82, 2.24) is 42.5 Å². The van der Waals surface area contributed by atoms with Crippen LogP contribution in [0.2, 0.25) is 0 Å². The standard InChI is InChI=1S/C19H40N8O3/c1-4-5-6-14-11-22-18(29)26-16(8-10-21-3)13-24-19(30)27-15(7-9-20-2)12-23-17(28)25-14/h14-16,20-21H,4-13H2,1-3H3,(H2,22,26,29)(H2,23,25,28)(H2,24,27,30). The lowest BCUT2D eigenvalue weighted by Gasteiger charge is -2.22. The van der Waals surface area contributed by atoms with Crippen LogP contribution in [0.15, 0.2) is 0 Å². The van der Waals surface area contributed by atoms with Gasteiger partial charge in [0.15, 0.2) is 0 Å². The van der Waals surface area contributed by atoms with E-state index in [1.165, 1.54) is 0 Å². The molecule has 0 radical (unpaired) electrons. The third kappa shape index (κ3) is 11.7. The Morgan fingerprint density at radius 2 is 1.07 bits per heavy atom.